The number of carbonyl (C=O) groups excluding carboxylic acids is 2. The van der Waals surface area contributed by atoms with Crippen LogP contribution < -0.4 is 5.32 Å². The first-order chi connectivity index (χ1) is 9.69. The van der Waals surface area contributed by atoms with Gasteiger partial charge in [-0.2, -0.15) is 0 Å². The average molecular weight is 277 g/mol. The summed E-state index contributed by atoms with van der Waals surface area (Å²) in [5, 5.41) is 10.7. The van der Waals surface area contributed by atoms with Crippen molar-refractivity contribution in [2.75, 3.05) is 6.54 Å². The Balaban J connectivity index is 1.53. The van der Waals surface area contributed by atoms with Crippen LogP contribution in [0.2, 0.25) is 0 Å². The number of rotatable bonds is 5. The van der Waals surface area contributed by atoms with Gasteiger partial charge in [0.25, 0.3) is 0 Å². The van der Waals surface area contributed by atoms with E-state index in [1.807, 2.05) is 16.4 Å². The van der Waals surface area contributed by atoms with E-state index >= 15 is 0 Å². The molecule has 20 heavy (non-hydrogen) atoms. The molecule has 7 nitrogen and oxygen atoms in total. The molecule has 1 aromatic heterocycles. The third-order valence-electron chi connectivity index (χ3n) is 3.97. The Morgan fingerprint density at radius 2 is 2.30 bits per heavy atom. The molecule has 2 fully saturated rings. The summed E-state index contributed by atoms with van der Waals surface area (Å²) >= 11 is 0. The SMILES string of the molecule is CCn1cnnc1CNC(=O)C1CC(=O)N(C2CC2)C1. The van der Waals surface area contributed by atoms with Crippen molar-refractivity contribution in [3.05, 3.63) is 12.2 Å². The molecular weight excluding hydrogens is 258 g/mol. The quantitative estimate of drug-likeness (QED) is 0.816. The molecule has 1 N–H and O–H groups in total. The minimum Gasteiger partial charge on any atom is -0.348 e. The molecule has 0 spiro atoms. The lowest BCUT2D eigenvalue weighted by Crippen LogP contribution is -2.33. The lowest BCUT2D eigenvalue weighted by molar-refractivity contribution is -0.129. The standard InChI is InChI=1S/C13H19N5O2/c1-2-17-8-15-16-11(17)6-14-13(20)9-5-12(19)18(7-9)10-3-4-10/h8-10H,2-7H2,1H3,(H,14,20). The molecule has 1 aliphatic carbocycles. The molecule has 2 heterocycles. The third-order valence-corrected chi connectivity index (χ3v) is 3.97. The van der Waals surface area contributed by atoms with Gasteiger partial charge in [0.15, 0.2) is 5.82 Å². The summed E-state index contributed by atoms with van der Waals surface area (Å²) in [6.45, 7) is 3.70. The lowest BCUT2D eigenvalue weighted by Gasteiger charge is -2.15. The van der Waals surface area contributed by atoms with Crippen molar-refractivity contribution in [3.63, 3.8) is 0 Å². The van der Waals surface area contributed by atoms with Crippen LogP contribution in [0.15, 0.2) is 6.33 Å². The van der Waals surface area contributed by atoms with E-state index in [0.29, 0.717) is 25.6 Å². The number of aryl methyl sites for hydroxylation is 1. The molecule has 1 unspecified atom stereocenters. The summed E-state index contributed by atoms with van der Waals surface area (Å²) in [5.74, 6) is 0.571. The molecule has 0 aromatic carbocycles. The summed E-state index contributed by atoms with van der Waals surface area (Å²) in [4.78, 5) is 25.8. The van der Waals surface area contributed by atoms with Gasteiger partial charge in [-0.15, -0.1) is 10.2 Å². The van der Waals surface area contributed by atoms with E-state index in [9.17, 15) is 9.59 Å². The van der Waals surface area contributed by atoms with Gasteiger partial charge in [0, 0.05) is 25.6 Å². The maximum absolute atomic E-state index is 12.1. The minimum atomic E-state index is -0.221. The molecule has 2 amide bonds. The summed E-state index contributed by atoms with van der Waals surface area (Å²) < 4.78 is 1.89. The Hall–Kier alpha value is -1.92. The van der Waals surface area contributed by atoms with Gasteiger partial charge in [-0.3, -0.25) is 9.59 Å². The Morgan fingerprint density at radius 1 is 1.50 bits per heavy atom. The van der Waals surface area contributed by atoms with Crippen molar-refractivity contribution in [3.8, 4) is 0 Å². The van der Waals surface area contributed by atoms with Crippen LogP contribution in [0.25, 0.3) is 0 Å². The van der Waals surface area contributed by atoms with E-state index in [0.717, 1.165) is 25.2 Å². The van der Waals surface area contributed by atoms with Crippen molar-refractivity contribution in [2.24, 2.45) is 5.92 Å². The molecule has 2 aliphatic rings. The molecule has 1 aliphatic heterocycles. The number of amides is 2. The van der Waals surface area contributed by atoms with Crippen LogP contribution in [0.3, 0.4) is 0 Å². The van der Waals surface area contributed by atoms with Gasteiger partial charge in [-0.25, -0.2) is 0 Å². The Bertz CT molecular complexity index is 523. The first-order valence-electron chi connectivity index (χ1n) is 7.13. The van der Waals surface area contributed by atoms with E-state index in [1.165, 1.54) is 0 Å². The maximum atomic E-state index is 12.1. The zero-order valence-electron chi connectivity index (χ0n) is 11.6. The van der Waals surface area contributed by atoms with E-state index in [2.05, 4.69) is 15.5 Å². The predicted octanol–water partition coefficient (Wildman–Crippen LogP) is -0.0749. The molecule has 1 saturated heterocycles. The van der Waals surface area contributed by atoms with Crippen LogP contribution in [0.1, 0.15) is 32.0 Å². The zero-order valence-corrected chi connectivity index (χ0v) is 11.6. The van der Waals surface area contributed by atoms with E-state index in [4.69, 9.17) is 0 Å². The number of carbonyl (C=O) groups is 2. The normalized spacial score (nSPS) is 22.4. The second-order valence-electron chi connectivity index (χ2n) is 5.43. The highest BCUT2D eigenvalue weighted by molar-refractivity contribution is 5.89. The van der Waals surface area contributed by atoms with Crippen LogP contribution in [-0.4, -0.2) is 44.1 Å². The average Bonchev–Trinajstić information content (AvgIpc) is 3.05. The maximum Gasteiger partial charge on any atom is 0.225 e. The van der Waals surface area contributed by atoms with Crippen molar-refractivity contribution in [1.29, 1.82) is 0 Å². The Labute approximate surface area is 117 Å². The summed E-state index contributed by atoms with van der Waals surface area (Å²) in [6, 6.07) is 0.392. The monoisotopic (exact) mass is 277 g/mol. The van der Waals surface area contributed by atoms with E-state index in [1.54, 1.807) is 6.33 Å². The van der Waals surface area contributed by atoms with Crippen LogP contribution in [0.5, 0.6) is 0 Å². The second-order valence-corrected chi connectivity index (χ2v) is 5.43. The minimum absolute atomic E-state index is 0.0628. The van der Waals surface area contributed by atoms with Gasteiger partial charge in [0.2, 0.25) is 11.8 Å². The molecule has 1 aromatic rings. The van der Waals surface area contributed by atoms with Gasteiger partial charge in [-0.05, 0) is 19.8 Å². The fraction of sp³-hybridized carbons (Fsp3) is 0.692. The predicted molar refractivity (Wildman–Crippen MR) is 70.4 cm³/mol. The highest BCUT2D eigenvalue weighted by atomic mass is 16.2. The first-order valence-corrected chi connectivity index (χ1v) is 7.13. The fourth-order valence-corrected chi connectivity index (χ4v) is 2.64. The molecule has 0 radical (unpaired) electrons. The molecular formula is C13H19N5O2. The number of likely N-dealkylation sites (tertiary alicyclic amines) is 1. The first kappa shape index (κ1) is 13.1. The number of aromatic nitrogens is 3. The van der Waals surface area contributed by atoms with Crippen LogP contribution in [-0.2, 0) is 22.7 Å². The van der Waals surface area contributed by atoms with Crippen molar-refractivity contribution in [2.45, 2.75) is 45.3 Å². The van der Waals surface area contributed by atoms with E-state index < -0.39 is 0 Å². The molecule has 1 saturated carbocycles. The highest BCUT2D eigenvalue weighted by Crippen LogP contribution is 2.32. The summed E-state index contributed by atoms with van der Waals surface area (Å²) in [5.41, 5.74) is 0. The van der Waals surface area contributed by atoms with Crippen LogP contribution >= 0.6 is 0 Å². The third kappa shape index (κ3) is 2.52. The summed E-state index contributed by atoms with van der Waals surface area (Å²) in [6.07, 6.45) is 4.15. The Morgan fingerprint density at radius 3 is 3.00 bits per heavy atom. The number of nitrogens with zero attached hydrogens (tertiary/aromatic N) is 4. The lowest BCUT2D eigenvalue weighted by atomic mass is 10.1. The molecule has 1 atom stereocenters. The fourth-order valence-electron chi connectivity index (χ4n) is 2.64. The smallest absolute Gasteiger partial charge is 0.225 e. The van der Waals surface area contributed by atoms with Crippen molar-refractivity contribution >= 4 is 11.8 Å². The number of hydrogen-bond acceptors (Lipinski definition) is 4. The van der Waals surface area contributed by atoms with Crippen LogP contribution in [0.4, 0.5) is 0 Å². The Kier molecular flexibility index (Phi) is 3.42. The summed E-state index contributed by atoms with van der Waals surface area (Å²) in [7, 11) is 0. The topological polar surface area (TPSA) is 80.1 Å². The van der Waals surface area contributed by atoms with Gasteiger partial charge in [-0.1, -0.05) is 0 Å². The van der Waals surface area contributed by atoms with Gasteiger partial charge < -0.3 is 14.8 Å². The van der Waals surface area contributed by atoms with Crippen molar-refractivity contribution < 1.29 is 9.59 Å². The molecule has 7 heteroatoms. The van der Waals surface area contributed by atoms with Crippen LogP contribution in [0, 0.1) is 5.92 Å². The number of nitrogens with one attached hydrogen (secondary N) is 1. The number of hydrogen-bond donors (Lipinski definition) is 1. The van der Waals surface area contributed by atoms with Gasteiger partial charge in [0.05, 0.1) is 12.5 Å². The van der Waals surface area contributed by atoms with Gasteiger partial charge >= 0.3 is 0 Å². The van der Waals surface area contributed by atoms with Gasteiger partial charge in [0.1, 0.15) is 6.33 Å². The molecule has 0 bridgehead atoms. The van der Waals surface area contributed by atoms with Crippen molar-refractivity contribution in [1.82, 2.24) is 25.0 Å². The largest absolute Gasteiger partial charge is 0.348 e. The second kappa shape index (κ2) is 5.22. The zero-order chi connectivity index (χ0) is 14.1. The van der Waals surface area contributed by atoms with E-state index in [-0.39, 0.29) is 17.7 Å². The molecule has 3 rings (SSSR count). The molecule has 108 valence electrons. The highest BCUT2D eigenvalue weighted by Gasteiger charge is 2.41.